The predicted octanol–water partition coefficient (Wildman–Crippen LogP) is 6.32. The van der Waals surface area contributed by atoms with E-state index in [2.05, 4.69) is 64.1 Å². The molecule has 0 radical (unpaired) electrons. The van der Waals surface area contributed by atoms with Crippen LogP contribution in [0.3, 0.4) is 0 Å². The van der Waals surface area contributed by atoms with Crippen LogP contribution in [0.5, 0.6) is 5.75 Å². The van der Waals surface area contributed by atoms with Gasteiger partial charge in [0, 0.05) is 5.92 Å². The number of benzene rings is 2. The van der Waals surface area contributed by atoms with Crippen molar-refractivity contribution in [3.63, 3.8) is 0 Å². The van der Waals surface area contributed by atoms with E-state index in [-0.39, 0.29) is 11.0 Å². The van der Waals surface area contributed by atoms with Gasteiger partial charge in [0.1, 0.15) is 18.0 Å². The molecule has 1 fully saturated rings. The fraction of sp³-hybridized carbons (Fsp3) is 0.519. The zero-order valence-corrected chi connectivity index (χ0v) is 18.7. The molecule has 0 N–H and O–H groups in total. The molecule has 3 nitrogen and oxygen atoms in total. The van der Waals surface area contributed by atoms with Crippen LogP contribution in [0.4, 0.5) is 0 Å². The van der Waals surface area contributed by atoms with Gasteiger partial charge in [-0.2, -0.15) is 0 Å². The number of rotatable bonds is 6. The van der Waals surface area contributed by atoms with Crippen molar-refractivity contribution in [2.24, 2.45) is 5.92 Å². The standard InChI is InChI=1S/C27H34O3/c1-19(2)22-15-21-11-12-25-26(3,13-8-14-27(25,4)30-18-28)23(21)16-24(22)29-17-20-9-6-5-7-10-20/h5-7,9-10,15-16,18-19,25H,8,11-14,17H2,1-4H3/t25?,26-,27-/m1/s1. The average molecular weight is 407 g/mol. The number of hydrogen-bond donors (Lipinski definition) is 0. The van der Waals surface area contributed by atoms with Gasteiger partial charge in [-0.05, 0) is 78.7 Å². The Morgan fingerprint density at radius 3 is 2.60 bits per heavy atom. The van der Waals surface area contributed by atoms with Crippen molar-refractivity contribution in [1.82, 2.24) is 0 Å². The smallest absolute Gasteiger partial charge is 0.293 e. The molecular formula is C27H34O3. The Balaban J connectivity index is 1.73. The zero-order valence-electron chi connectivity index (χ0n) is 18.7. The van der Waals surface area contributed by atoms with E-state index in [9.17, 15) is 4.79 Å². The highest BCUT2D eigenvalue weighted by molar-refractivity contribution is 5.50. The molecular weight excluding hydrogens is 372 g/mol. The minimum absolute atomic E-state index is 0.00393. The summed E-state index contributed by atoms with van der Waals surface area (Å²) in [7, 11) is 0. The molecule has 0 bridgehead atoms. The Kier molecular flexibility index (Phi) is 5.65. The molecule has 1 unspecified atom stereocenters. The van der Waals surface area contributed by atoms with Crippen molar-refractivity contribution in [3.05, 3.63) is 64.7 Å². The molecule has 3 atom stereocenters. The van der Waals surface area contributed by atoms with E-state index < -0.39 is 0 Å². The van der Waals surface area contributed by atoms with E-state index in [4.69, 9.17) is 9.47 Å². The van der Waals surface area contributed by atoms with Gasteiger partial charge in [-0.3, -0.25) is 4.79 Å². The fourth-order valence-corrected chi connectivity index (χ4v) is 6.02. The highest BCUT2D eigenvalue weighted by atomic mass is 16.5. The Hall–Kier alpha value is -2.29. The van der Waals surface area contributed by atoms with Crippen molar-refractivity contribution < 1.29 is 14.3 Å². The Morgan fingerprint density at radius 2 is 1.90 bits per heavy atom. The topological polar surface area (TPSA) is 35.5 Å². The van der Waals surface area contributed by atoms with E-state index in [0.717, 1.165) is 37.9 Å². The van der Waals surface area contributed by atoms with Crippen LogP contribution in [-0.2, 0) is 28.0 Å². The van der Waals surface area contributed by atoms with Gasteiger partial charge in [0.05, 0.1) is 0 Å². The summed E-state index contributed by atoms with van der Waals surface area (Å²) in [5, 5.41) is 0. The van der Waals surface area contributed by atoms with E-state index >= 15 is 0 Å². The lowest BCUT2D eigenvalue weighted by Crippen LogP contribution is -2.54. The summed E-state index contributed by atoms with van der Waals surface area (Å²) in [5.74, 6) is 1.74. The van der Waals surface area contributed by atoms with Crippen LogP contribution in [-0.4, -0.2) is 12.1 Å². The van der Waals surface area contributed by atoms with Crippen LogP contribution in [0.2, 0.25) is 0 Å². The number of aryl methyl sites for hydroxylation is 1. The lowest BCUT2D eigenvalue weighted by Gasteiger charge is -2.54. The maximum Gasteiger partial charge on any atom is 0.293 e. The van der Waals surface area contributed by atoms with E-state index in [0.29, 0.717) is 24.9 Å². The highest BCUT2D eigenvalue weighted by Crippen LogP contribution is 2.55. The maximum atomic E-state index is 11.3. The third kappa shape index (κ3) is 3.64. The summed E-state index contributed by atoms with van der Waals surface area (Å²) in [6.45, 7) is 10.2. The summed E-state index contributed by atoms with van der Waals surface area (Å²) in [5.41, 5.74) is 4.93. The van der Waals surface area contributed by atoms with Crippen LogP contribution in [0.25, 0.3) is 0 Å². The Bertz CT molecular complexity index is 904. The number of hydrogen-bond acceptors (Lipinski definition) is 3. The molecule has 0 amide bonds. The van der Waals surface area contributed by atoms with Crippen LogP contribution >= 0.6 is 0 Å². The largest absolute Gasteiger partial charge is 0.489 e. The number of fused-ring (bicyclic) bond motifs is 3. The first-order chi connectivity index (χ1) is 14.4. The maximum absolute atomic E-state index is 11.3. The zero-order chi connectivity index (χ0) is 21.4. The minimum Gasteiger partial charge on any atom is -0.489 e. The molecule has 0 aliphatic heterocycles. The number of carbonyl (C=O) groups excluding carboxylic acids is 1. The first-order valence-electron chi connectivity index (χ1n) is 11.3. The Morgan fingerprint density at radius 1 is 1.13 bits per heavy atom. The second kappa shape index (κ2) is 8.09. The molecule has 2 aromatic rings. The monoisotopic (exact) mass is 406 g/mol. The summed E-state index contributed by atoms with van der Waals surface area (Å²) >= 11 is 0. The predicted molar refractivity (Wildman–Crippen MR) is 120 cm³/mol. The van der Waals surface area contributed by atoms with E-state index in [1.165, 1.54) is 22.3 Å². The van der Waals surface area contributed by atoms with Crippen LogP contribution < -0.4 is 4.74 Å². The van der Waals surface area contributed by atoms with Crippen LogP contribution in [0.15, 0.2) is 42.5 Å². The van der Waals surface area contributed by atoms with Gasteiger partial charge < -0.3 is 9.47 Å². The third-order valence-electron chi connectivity index (χ3n) is 7.61. The first kappa shape index (κ1) is 21.0. The van der Waals surface area contributed by atoms with Gasteiger partial charge in [-0.15, -0.1) is 0 Å². The van der Waals surface area contributed by atoms with Crippen LogP contribution in [0, 0.1) is 5.92 Å². The van der Waals surface area contributed by atoms with Crippen molar-refractivity contribution in [2.45, 2.75) is 83.3 Å². The molecule has 2 aromatic carbocycles. The summed E-state index contributed by atoms with van der Waals surface area (Å²) < 4.78 is 12.1. The average Bonchev–Trinajstić information content (AvgIpc) is 2.72. The second-order valence-corrected chi connectivity index (χ2v) is 9.87. The molecule has 0 spiro atoms. The molecule has 0 aromatic heterocycles. The number of carbonyl (C=O) groups is 1. The minimum atomic E-state index is -0.381. The molecule has 4 rings (SSSR count). The fourth-order valence-electron chi connectivity index (χ4n) is 6.02. The van der Waals surface area contributed by atoms with Gasteiger partial charge in [-0.1, -0.05) is 57.2 Å². The highest BCUT2D eigenvalue weighted by Gasteiger charge is 2.53. The van der Waals surface area contributed by atoms with Gasteiger partial charge in [0.15, 0.2) is 0 Å². The van der Waals surface area contributed by atoms with Crippen molar-refractivity contribution in [3.8, 4) is 5.75 Å². The van der Waals surface area contributed by atoms with Gasteiger partial charge >= 0.3 is 0 Å². The lowest BCUT2D eigenvalue weighted by atomic mass is 9.53. The van der Waals surface area contributed by atoms with Gasteiger partial charge in [0.25, 0.3) is 6.47 Å². The van der Waals surface area contributed by atoms with Crippen molar-refractivity contribution in [1.29, 1.82) is 0 Å². The first-order valence-corrected chi connectivity index (χ1v) is 11.3. The molecule has 0 saturated heterocycles. The third-order valence-corrected chi connectivity index (χ3v) is 7.61. The lowest BCUT2D eigenvalue weighted by molar-refractivity contribution is -0.158. The summed E-state index contributed by atoms with van der Waals surface area (Å²) in [6.07, 6.45) is 5.25. The SMILES string of the molecule is CC(C)c1cc2c(cc1OCc1ccccc1)[C@@]1(C)CCC[C@@](C)(OC=O)C1CC2. The molecule has 160 valence electrons. The molecule has 2 aliphatic carbocycles. The summed E-state index contributed by atoms with van der Waals surface area (Å²) in [6, 6.07) is 15.0. The quantitative estimate of drug-likeness (QED) is 0.526. The van der Waals surface area contributed by atoms with Crippen LogP contribution in [0.1, 0.15) is 81.5 Å². The normalized spacial score (nSPS) is 27.8. The summed E-state index contributed by atoms with van der Waals surface area (Å²) in [4.78, 5) is 11.3. The molecule has 1 saturated carbocycles. The van der Waals surface area contributed by atoms with E-state index in [1.807, 2.05) is 6.07 Å². The Labute approximate surface area is 180 Å². The number of ether oxygens (including phenoxy) is 2. The van der Waals surface area contributed by atoms with Crippen molar-refractivity contribution in [2.75, 3.05) is 0 Å². The molecule has 30 heavy (non-hydrogen) atoms. The molecule has 0 heterocycles. The van der Waals surface area contributed by atoms with Gasteiger partial charge in [-0.25, -0.2) is 0 Å². The molecule has 3 heteroatoms. The van der Waals surface area contributed by atoms with Gasteiger partial charge in [0.2, 0.25) is 0 Å². The second-order valence-electron chi connectivity index (χ2n) is 9.87. The molecule has 2 aliphatic rings. The van der Waals surface area contributed by atoms with Crippen molar-refractivity contribution >= 4 is 6.47 Å². The van der Waals surface area contributed by atoms with E-state index in [1.54, 1.807) is 0 Å².